The highest BCUT2D eigenvalue weighted by Gasteiger charge is 2.17. The zero-order chi connectivity index (χ0) is 23.0. The third-order valence-electron chi connectivity index (χ3n) is 5.91. The van der Waals surface area contributed by atoms with Crippen molar-refractivity contribution in [1.29, 1.82) is 0 Å². The summed E-state index contributed by atoms with van der Waals surface area (Å²) in [6.07, 6.45) is 18.6. The topological polar surface area (TPSA) is 101 Å². The van der Waals surface area contributed by atoms with Gasteiger partial charge in [-0.05, 0) is 18.9 Å². The van der Waals surface area contributed by atoms with Crippen LogP contribution >= 0.6 is 0 Å². The van der Waals surface area contributed by atoms with Crippen molar-refractivity contribution in [2.45, 2.75) is 96.7 Å². The molecule has 0 saturated carbocycles. The summed E-state index contributed by atoms with van der Waals surface area (Å²) in [5.74, 6) is 2.41. The van der Waals surface area contributed by atoms with Gasteiger partial charge in [-0.25, -0.2) is 9.97 Å². The fourth-order valence-electron chi connectivity index (χ4n) is 4.20. The van der Waals surface area contributed by atoms with Gasteiger partial charge in [0, 0.05) is 50.7 Å². The molecule has 0 spiro atoms. The molecule has 0 aliphatic rings. The number of aliphatic hydroxyl groups excluding tert-OH is 2. The smallest absolute Gasteiger partial charge is 0.108 e. The van der Waals surface area contributed by atoms with Crippen molar-refractivity contribution >= 4 is 0 Å². The summed E-state index contributed by atoms with van der Waals surface area (Å²) in [4.78, 5) is 16.7. The van der Waals surface area contributed by atoms with Gasteiger partial charge in [0.05, 0.1) is 12.2 Å². The molecule has 32 heavy (non-hydrogen) atoms. The lowest BCUT2D eigenvalue weighted by molar-refractivity contribution is 0.0672. The SMILES string of the molecule is CC(C)CCCCCCCCCCN(CC(O)Cc1ncc[nH]1)CC(O)Cc1ncc[nH]1. The third kappa shape index (κ3) is 12.4. The van der Waals surface area contributed by atoms with Gasteiger partial charge in [-0.2, -0.15) is 0 Å². The van der Waals surface area contributed by atoms with Gasteiger partial charge < -0.3 is 20.2 Å². The van der Waals surface area contributed by atoms with Gasteiger partial charge in [-0.3, -0.25) is 4.90 Å². The Bertz CT molecular complexity index is 616. The minimum atomic E-state index is -0.511. The summed E-state index contributed by atoms with van der Waals surface area (Å²) in [6.45, 7) is 6.56. The third-order valence-corrected chi connectivity index (χ3v) is 5.91. The van der Waals surface area contributed by atoms with E-state index in [1.165, 1.54) is 51.4 Å². The molecule has 2 atom stereocenters. The molecule has 0 aromatic carbocycles. The number of aliphatic hydroxyl groups is 2. The van der Waals surface area contributed by atoms with Gasteiger partial charge in [0.1, 0.15) is 11.6 Å². The van der Waals surface area contributed by atoms with E-state index in [4.69, 9.17) is 0 Å². The summed E-state index contributed by atoms with van der Waals surface area (Å²) in [7, 11) is 0. The molecular formula is C25H45N5O2. The van der Waals surface area contributed by atoms with Crippen molar-refractivity contribution < 1.29 is 10.2 Å². The molecule has 2 heterocycles. The number of H-pyrrole nitrogens is 2. The van der Waals surface area contributed by atoms with Gasteiger partial charge in [0.25, 0.3) is 0 Å². The Morgan fingerprint density at radius 2 is 1.22 bits per heavy atom. The highest BCUT2D eigenvalue weighted by atomic mass is 16.3. The van der Waals surface area contributed by atoms with Gasteiger partial charge in [-0.1, -0.05) is 65.2 Å². The maximum atomic E-state index is 10.5. The van der Waals surface area contributed by atoms with E-state index in [2.05, 4.69) is 38.7 Å². The summed E-state index contributed by atoms with van der Waals surface area (Å²) >= 11 is 0. The molecule has 4 N–H and O–H groups in total. The van der Waals surface area contributed by atoms with Crippen LogP contribution in [0.25, 0.3) is 0 Å². The second-order valence-electron chi connectivity index (χ2n) is 9.56. The van der Waals surface area contributed by atoms with Gasteiger partial charge >= 0.3 is 0 Å². The Morgan fingerprint density at radius 1 is 0.750 bits per heavy atom. The van der Waals surface area contributed by atoms with Gasteiger partial charge in [0.15, 0.2) is 0 Å². The summed E-state index contributed by atoms with van der Waals surface area (Å²) in [5.41, 5.74) is 0. The van der Waals surface area contributed by atoms with Crippen molar-refractivity contribution in [3.8, 4) is 0 Å². The highest BCUT2D eigenvalue weighted by molar-refractivity contribution is 4.91. The first-order valence-electron chi connectivity index (χ1n) is 12.6. The molecule has 0 aliphatic carbocycles. The van der Waals surface area contributed by atoms with Crippen LogP contribution in [-0.2, 0) is 12.8 Å². The van der Waals surface area contributed by atoms with E-state index >= 15 is 0 Å². The molecule has 7 nitrogen and oxygen atoms in total. The van der Waals surface area contributed by atoms with Crippen LogP contribution in [0, 0.1) is 5.92 Å². The largest absolute Gasteiger partial charge is 0.391 e. The lowest BCUT2D eigenvalue weighted by atomic mass is 10.0. The Morgan fingerprint density at radius 3 is 1.66 bits per heavy atom. The molecule has 0 amide bonds. The van der Waals surface area contributed by atoms with E-state index < -0.39 is 12.2 Å². The molecule has 0 bridgehead atoms. The minimum absolute atomic E-state index is 0.495. The predicted molar refractivity (Wildman–Crippen MR) is 129 cm³/mol. The van der Waals surface area contributed by atoms with Crippen LogP contribution in [0.3, 0.4) is 0 Å². The van der Waals surface area contributed by atoms with Crippen LogP contribution in [0.2, 0.25) is 0 Å². The van der Waals surface area contributed by atoms with Crippen LogP contribution in [0.1, 0.15) is 83.3 Å². The van der Waals surface area contributed by atoms with Crippen LogP contribution in [-0.4, -0.2) is 66.9 Å². The van der Waals surface area contributed by atoms with E-state index in [1.54, 1.807) is 24.8 Å². The Labute approximate surface area is 194 Å². The van der Waals surface area contributed by atoms with Crippen molar-refractivity contribution in [1.82, 2.24) is 24.8 Å². The standard InChI is InChI=1S/C25H45N5O2/c1-21(2)11-9-7-5-3-4-6-8-10-16-30(19-22(31)17-24-26-12-13-27-24)20-23(32)18-25-28-14-15-29-25/h12-15,21-23,31-32H,3-11,16-20H2,1-2H3,(H,26,27)(H,28,29). The monoisotopic (exact) mass is 447 g/mol. The summed E-state index contributed by atoms with van der Waals surface area (Å²) in [6, 6.07) is 0. The van der Waals surface area contributed by atoms with E-state index in [-0.39, 0.29) is 0 Å². The summed E-state index contributed by atoms with van der Waals surface area (Å²) in [5, 5.41) is 21.1. The van der Waals surface area contributed by atoms with Crippen molar-refractivity contribution in [2.75, 3.05) is 19.6 Å². The van der Waals surface area contributed by atoms with Gasteiger partial charge in [0.2, 0.25) is 0 Å². The molecule has 0 fully saturated rings. The van der Waals surface area contributed by atoms with Crippen molar-refractivity contribution in [3.63, 3.8) is 0 Å². The molecule has 182 valence electrons. The number of unbranched alkanes of at least 4 members (excludes halogenated alkanes) is 7. The first-order valence-corrected chi connectivity index (χ1v) is 12.6. The molecule has 2 rings (SSSR count). The molecule has 0 aliphatic heterocycles. The number of hydrogen-bond acceptors (Lipinski definition) is 5. The van der Waals surface area contributed by atoms with E-state index in [9.17, 15) is 10.2 Å². The molecule has 0 saturated heterocycles. The molecule has 7 heteroatoms. The van der Waals surface area contributed by atoms with E-state index in [1.807, 2.05) is 0 Å². The molecule has 0 radical (unpaired) electrons. The van der Waals surface area contributed by atoms with Crippen LogP contribution in [0.4, 0.5) is 0 Å². The number of rotatable bonds is 19. The number of hydrogen-bond donors (Lipinski definition) is 4. The molecule has 2 aromatic heterocycles. The zero-order valence-electron chi connectivity index (χ0n) is 20.2. The van der Waals surface area contributed by atoms with Crippen LogP contribution in [0.5, 0.6) is 0 Å². The number of nitrogens with zero attached hydrogens (tertiary/aromatic N) is 3. The second kappa shape index (κ2) is 16.0. The normalized spacial score (nSPS) is 13.8. The van der Waals surface area contributed by atoms with Crippen molar-refractivity contribution in [2.24, 2.45) is 5.92 Å². The predicted octanol–water partition coefficient (Wildman–Crippen LogP) is 4.11. The highest BCUT2D eigenvalue weighted by Crippen LogP contribution is 2.13. The summed E-state index contributed by atoms with van der Waals surface area (Å²) < 4.78 is 0. The van der Waals surface area contributed by atoms with E-state index in [0.717, 1.165) is 30.5 Å². The number of imidazole rings is 2. The van der Waals surface area contributed by atoms with E-state index in [0.29, 0.717) is 25.9 Å². The number of aromatic amines is 2. The Kier molecular flexibility index (Phi) is 13.3. The second-order valence-corrected chi connectivity index (χ2v) is 9.56. The first-order chi connectivity index (χ1) is 15.5. The fraction of sp³-hybridized carbons (Fsp3) is 0.760. The first kappa shape index (κ1) is 26.6. The molecule has 2 aromatic rings. The molecular weight excluding hydrogens is 402 g/mol. The Hall–Kier alpha value is -1.70. The quantitative estimate of drug-likeness (QED) is 0.243. The number of aromatic nitrogens is 4. The number of nitrogens with one attached hydrogen (secondary N) is 2. The Balaban J connectivity index is 1.66. The minimum Gasteiger partial charge on any atom is -0.391 e. The lowest BCUT2D eigenvalue weighted by Crippen LogP contribution is -2.40. The maximum Gasteiger partial charge on any atom is 0.108 e. The van der Waals surface area contributed by atoms with Gasteiger partial charge in [-0.15, -0.1) is 0 Å². The fourth-order valence-corrected chi connectivity index (χ4v) is 4.20. The van der Waals surface area contributed by atoms with Crippen molar-refractivity contribution in [3.05, 3.63) is 36.4 Å². The maximum absolute atomic E-state index is 10.5. The average Bonchev–Trinajstić information content (AvgIpc) is 3.43. The average molecular weight is 448 g/mol. The zero-order valence-corrected chi connectivity index (χ0v) is 20.2. The molecule has 2 unspecified atom stereocenters. The van der Waals surface area contributed by atoms with Crippen LogP contribution < -0.4 is 0 Å². The lowest BCUT2D eigenvalue weighted by Gasteiger charge is -2.27. The van der Waals surface area contributed by atoms with Crippen LogP contribution in [0.15, 0.2) is 24.8 Å².